The molecule has 0 aliphatic rings. The van der Waals surface area contributed by atoms with Crippen molar-refractivity contribution < 1.29 is 13.9 Å². The van der Waals surface area contributed by atoms with Crippen LogP contribution in [-0.2, 0) is 4.74 Å². The van der Waals surface area contributed by atoms with Gasteiger partial charge in [0.2, 0.25) is 0 Å². The van der Waals surface area contributed by atoms with Gasteiger partial charge in [0.05, 0.1) is 15.4 Å². The summed E-state index contributed by atoms with van der Waals surface area (Å²) >= 11 is 3.06. The molecule has 1 aromatic carbocycles. The molecule has 1 atom stereocenters. The van der Waals surface area contributed by atoms with Crippen molar-refractivity contribution in [3.05, 3.63) is 83.0 Å². The first kappa shape index (κ1) is 19.4. The van der Waals surface area contributed by atoms with Crippen LogP contribution in [0.5, 0.6) is 0 Å². The maximum absolute atomic E-state index is 13.1. The maximum Gasteiger partial charge on any atom is 0.357 e. The van der Waals surface area contributed by atoms with Gasteiger partial charge >= 0.3 is 5.97 Å². The summed E-state index contributed by atoms with van der Waals surface area (Å²) in [4.78, 5) is 14.9. The molecule has 31 heavy (non-hydrogen) atoms. The predicted molar refractivity (Wildman–Crippen MR) is 118 cm³/mol. The van der Waals surface area contributed by atoms with Gasteiger partial charge in [0.15, 0.2) is 11.8 Å². The van der Waals surface area contributed by atoms with Crippen molar-refractivity contribution in [1.29, 1.82) is 0 Å². The van der Waals surface area contributed by atoms with Crippen molar-refractivity contribution in [3.8, 4) is 27.0 Å². The minimum atomic E-state index is -0.710. The van der Waals surface area contributed by atoms with Crippen LogP contribution in [0.25, 0.3) is 27.0 Å². The molecule has 4 heterocycles. The number of ether oxygens (including phenoxy) is 1. The summed E-state index contributed by atoms with van der Waals surface area (Å²) in [6.07, 6.45) is -0.710. The van der Waals surface area contributed by atoms with Crippen molar-refractivity contribution >= 4 is 28.6 Å². The lowest BCUT2D eigenvalue weighted by molar-refractivity contribution is 0.0269. The van der Waals surface area contributed by atoms with Crippen LogP contribution in [0.2, 0.25) is 0 Å². The fourth-order valence-corrected chi connectivity index (χ4v) is 4.33. The van der Waals surface area contributed by atoms with Gasteiger partial charge < -0.3 is 9.15 Å². The molecule has 0 aliphatic heterocycles. The van der Waals surface area contributed by atoms with Crippen LogP contribution in [-0.4, -0.2) is 25.9 Å². The first-order valence-electron chi connectivity index (χ1n) is 9.46. The number of hydrogen-bond acceptors (Lipinski definition) is 8. The Morgan fingerprint density at radius 3 is 2.45 bits per heavy atom. The molecule has 0 spiro atoms. The van der Waals surface area contributed by atoms with Gasteiger partial charge in [-0.3, -0.25) is 0 Å². The lowest BCUT2D eigenvalue weighted by Crippen LogP contribution is -2.14. The first-order valence-corrected chi connectivity index (χ1v) is 11.2. The van der Waals surface area contributed by atoms with E-state index in [0.717, 1.165) is 15.4 Å². The van der Waals surface area contributed by atoms with Gasteiger partial charge in [0.25, 0.3) is 11.8 Å². The zero-order chi connectivity index (χ0) is 21.2. The average molecular weight is 449 g/mol. The van der Waals surface area contributed by atoms with Crippen molar-refractivity contribution in [2.75, 3.05) is 0 Å². The zero-order valence-electron chi connectivity index (χ0n) is 16.3. The number of aromatic nitrogens is 4. The van der Waals surface area contributed by atoms with Gasteiger partial charge in [0, 0.05) is 6.07 Å². The Morgan fingerprint density at radius 2 is 1.74 bits per heavy atom. The number of nitrogens with zero attached hydrogens (tertiary/aromatic N) is 4. The van der Waals surface area contributed by atoms with Gasteiger partial charge in [-0.2, -0.15) is 5.10 Å². The average Bonchev–Trinajstić information content (AvgIpc) is 3.59. The van der Waals surface area contributed by atoms with Crippen LogP contribution in [0.1, 0.15) is 29.4 Å². The molecule has 0 radical (unpaired) electrons. The van der Waals surface area contributed by atoms with E-state index in [4.69, 9.17) is 9.15 Å². The molecule has 154 valence electrons. The van der Waals surface area contributed by atoms with Gasteiger partial charge in [-0.25, -0.2) is 9.48 Å². The molecule has 0 saturated heterocycles. The van der Waals surface area contributed by atoms with E-state index < -0.39 is 12.1 Å². The highest BCUT2D eigenvalue weighted by Gasteiger charge is 2.24. The molecule has 0 aliphatic carbocycles. The predicted octanol–water partition coefficient (Wildman–Crippen LogP) is 5.63. The van der Waals surface area contributed by atoms with Gasteiger partial charge in [0.1, 0.15) is 5.69 Å². The molecular weight excluding hydrogens is 432 g/mol. The normalized spacial score (nSPS) is 12.0. The van der Waals surface area contributed by atoms with E-state index in [0.29, 0.717) is 17.3 Å². The third-order valence-electron chi connectivity index (χ3n) is 4.50. The van der Waals surface area contributed by atoms with E-state index in [1.165, 1.54) is 11.3 Å². The Bertz CT molecular complexity index is 1290. The number of carbonyl (C=O) groups is 1. The number of rotatable bonds is 6. The second-order valence-electron chi connectivity index (χ2n) is 6.61. The molecule has 0 amide bonds. The second kappa shape index (κ2) is 8.29. The summed E-state index contributed by atoms with van der Waals surface area (Å²) in [5.41, 5.74) is 1.79. The van der Waals surface area contributed by atoms with Crippen molar-refractivity contribution in [2.45, 2.75) is 13.0 Å². The van der Waals surface area contributed by atoms with Crippen LogP contribution in [0, 0.1) is 0 Å². The maximum atomic E-state index is 13.1. The van der Waals surface area contributed by atoms with E-state index in [9.17, 15) is 4.79 Å². The lowest BCUT2D eigenvalue weighted by atomic mass is 10.3. The van der Waals surface area contributed by atoms with Crippen LogP contribution in [0.4, 0.5) is 0 Å². The molecule has 5 aromatic rings. The fraction of sp³-hybridized carbons (Fsp3) is 0.0909. The fourth-order valence-electron chi connectivity index (χ4n) is 3.01. The van der Waals surface area contributed by atoms with Crippen molar-refractivity contribution in [2.24, 2.45) is 0 Å². The van der Waals surface area contributed by atoms with E-state index in [-0.39, 0.29) is 5.89 Å². The second-order valence-corrected chi connectivity index (χ2v) is 8.51. The largest absolute Gasteiger partial charge is 0.448 e. The molecule has 0 saturated carbocycles. The van der Waals surface area contributed by atoms with Crippen LogP contribution >= 0.6 is 22.7 Å². The summed E-state index contributed by atoms with van der Waals surface area (Å²) in [5, 5.41) is 16.6. The molecule has 0 N–H and O–H groups in total. The Labute approximate surface area is 185 Å². The SMILES string of the molecule is CC(OC(=O)c1cc(-c2cccs2)nn1-c1ccccc1)c1nnc(-c2cccs2)o1. The highest BCUT2D eigenvalue weighted by atomic mass is 32.1. The first-order chi connectivity index (χ1) is 15.2. The van der Waals surface area contributed by atoms with E-state index in [1.807, 2.05) is 65.4 Å². The summed E-state index contributed by atoms with van der Waals surface area (Å²) in [6.45, 7) is 1.70. The third kappa shape index (κ3) is 3.92. The third-order valence-corrected chi connectivity index (χ3v) is 6.25. The van der Waals surface area contributed by atoms with E-state index in [2.05, 4.69) is 15.3 Å². The minimum Gasteiger partial charge on any atom is -0.448 e. The summed E-state index contributed by atoms with van der Waals surface area (Å²) in [7, 11) is 0. The van der Waals surface area contributed by atoms with Crippen molar-refractivity contribution in [3.63, 3.8) is 0 Å². The molecule has 4 aromatic heterocycles. The smallest absolute Gasteiger partial charge is 0.357 e. The number of carbonyl (C=O) groups excluding carboxylic acids is 1. The molecule has 7 nitrogen and oxygen atoms in total. The molecule has 5 rings (SSSR count). The highest BCUT2D eigenvalue weighted by Crippen LogP contribution is 2.29. The lowest BCUT2D eigenvalue weighted by Gasteiger charge is -2.10. The Balaban J connectivity index is 1.43. The topological polar surface area (TPSA) is 83.0 Å². The van der Waals surface area contributed by atoms with Gasteiger partial charge in [-0.1, -0.05) is 30.3 Å². The molecule has 1 unspecified atom stereocenters. The van der Waals surface area contributed by atoms with E-state index >= 15 is 0 Å². The van der Waals surface area contributed by atoms with Crippen LogP contribution < -0.4 is 0 Å². The molecular formula is C22H16N4O3S2. The standard InChI is InChI=1S/C22H16N4O3S2/c1-14(20-23-24-21(29-20)19-10-6-12-31-19)28-22(27)17-13-16(18-9-5-11-30-18)25-26(17)15-7-3-2-4-8-15/h2-14H,1H3. The van der Waals surface area contributed by atoms with Crippen LogP contribution in [0.3, 0.4) is 0 Å². The number of benzene rings is 1. The quantitative estimate of drug-likeness (QED) is 0.313. The Morgan fingerprint density at radius 1 is 1.00 bits per heavy atom. The monoisotopic (exact) mass is 448 g/mol. The van der Waals surface area contributed by atoms with Gasteiger partial charge in [-0.15, -0.1) is 32.9 Å². The zero-order valence-corrected chi connectivity index (χ0v) is 18.0. The number of thiophene rings is 2. The number of para-hydroxylation sites is 1. The summed E-state index contributed by atoms with van der Waals surface area (Å²) in [5.74, 6) is 0.116. The summed E-state index contributed by atoms with van der Waals surface area (Å²) < 4.78 is 12.9. The Hall–Kier alpha value is -3.56. The van der Waals surface area contributed by atoms with E-state index in [1.54, 1.807) is 29.0 Å². The van der Waals surface area contributed by atoms with Gasteiger partial charge in [-0.05, 0) is 41.9 Å². The highest BCUT2D eigenvalue weighted by molar-refractivity contribution is 7.13. The molecule has 0 fully saturated rings. The minimum absolute atomic E-state index is 0.237. The molecule has 9 heteroatoms. The van der Waals surface area contributed by atoms with Crippen LogP contribution in [0.15, 0.2) is 75.8 Å². The number of hydrogen-bond donors (Lipinski definition) is 0. The Kier molecular flexibility index (Phi) is 5.19. The number of esters is 1. The van der Waals surface area contributed by atoms with Crippen molar-refractivity contribution in [1.82, 2.24) is 20.0 Å². The summed E-state index contributed by atoms with van der Waals surface area (Å²) in [6, 6.07) is 18.9. The molecule has 0 bridgehead atoms.